The van der Waals surface area contributed by atoms with Crippen LogP contribution in [-0.4, -0.2) is 37.1 Å². The first-order chi connectivity index (χ1) is 12.3. The Morgan fingerprint density at radius 2 is 1.92 bits per heavy atom. The lowest BCUT2D eigenvalue weighted by Crippen LogP contribution is -2.40. The van der Waals surface area contributed by atoms with Gasteiger partial charge in [-0.25, -0.2) is 0 Å². The molecule has 1 aliphatic rings. The van der Waals surface area contributed by atoms with Crippen LogP contribution in [0.5, 0.6) is 5.75 Å². The van der Waals surface area contributed by atoms with Crippen LogP contribution < -0.4 is 9.64 Å². The first-order valence-corrected chi connectivity index (χ1v) is 8.63. The van der Waals surface area contributed by atoms with Crippen LogP contribution in [0, 0.1) is 5.92 Å². The minimum atomic E-state index is -4.77. The van der Waals surface area contributed by atoms with Crippen LogP contribution in [0.1, 0.15) is 38.2 Å². The number of aliphatic hydroxyl groups excluding tert-OH is 1. The molecule has 0 unspecified atom stereocenters. The summed E-state index contributed by atoms with van der Waals surface area (Å²) < 4.78 is 45.9. The highest BCUT2D eigenvalue weighted by Crippen LogP contribution is 2.35. The fourth-order valence-electron chi connectivity index (χ4n) is 3.58. The molecule has 146 valence electrons. The number of esters is 1. The topological polar surface area (TPSA) is 59.0 Å². The second-order valence-electron chi connectivity index (χ2n) is 6.31. The Morgan fingerprint density at radius 1 is 1.27 bits per heavy atom. The van der Waals surface area contributed by atoms with E-state index in [1.807, 2.05) is 6.92 Å². The lowest BCUT2D eigenvalue weighted by atomic mass is 9.85. The number of anilines is 1. The van der Waals surface area contributed by atoms with Crippen molar-refractivity contribution in [3.63, 3.8) is 0 Å². The van der Waals surface area contributed by atoms with Gasteiger partial charge in [0.25, 0.3) is 0 Å². The maximum Gasteiger partial charge on any atom is 0.573 e. The minimum absolute atomic E-state index is 0.102. The van der Waals surface area contributed by atoms with Crippen molar-refractivity contribution in [3.8, 4) is 5.75 Å². The van der Waals surface area contributed by atoms with Crippen LogP contribution in [0.25, 0.3) is 0 Å². The van der Waals surface area contributed by atoms with Crippen molar-refractivity contribution < 1.29 is 32.5 Å². The smallest absolute Gasteiger partial charge is 0.469 e. The van der Waals surface area contributed by atoms with Gasteiger partial charge in [0.15, 0.2) is 0 Å². The van der Waals surface area contributed by atoms with Crippen LogP contribution in [0.15, 0.2) is 18.2 Å². The highest BCUT2D eigenvalue weighted by molar-refractivity contribution is 5.72. The van der Waals surface area contributed by atoms with Crippen molar-refractivity contribution in [1.29, 1.82) is 0 Å². The zero-order valence-corrected chi connectivity index (χ0v) is 14.9. The lowest BCUT2D eigenvalue weighted by molar-refractivity contribution is -0.274. The summed E-state index contributed by atoms with van der Waals surface area (Å²) in [6, 6.07) is 4.17. The molecule has 5 nitrogen and oxygen atoms in total. The normalized spacial score (nSPS) is 20.5. The van der Waals surface area contributed by atoms with E-state index in [1.165, 1.54) is 19.2 Å². The van der Waals surface area contributed by atoms with Gasteiger partial charge in [0.1, 0.15) is 5.75 Å². The van der Waals surface area contributed by atoms with Crippen LogP contribution in [0.2, 0.25) is 0 Å². The Bertz CT molecular complexity index is 613. The van der Waals surface area contributed by atoms with E-state index in [9.17, 15) is 23.1 Å². The standard InChI is InChI=1S/C18H24F3NO4/c1-3-22(14-6-4-12(5-7-14)17(24)25-2)16-9-8-15(10-13(16)11-23)26-18(19,20)21/h8-10,12,14,23H,3-7,11H2,1-2H3. The summed E-state index contributed by atoms with van der Waals surface area (Å²) in [4.78, 5) is 13.7. The molecular weight excluding hydrogens is 351 g/mol. The van der Waals surface area contributed by atoms with E-state index >= 15 is 0 Å². The predicted molar refractivity (Wildman–Crippen MR) is 89.8 cm³/mol. The molecule has 0 saturated heterocycles. The van der Waals surface area contributed by atoms with Crippen LogP contribution >= 0.6 is 0 Å². The summed E-state index contributed by atoms with van der Waals surface area (Å²) >= 11 is 0. The van der Waals surface area contributed by atoms with E-state index < -0.39 is 13.0 Å². The van der Waals surface area contributed by atoms with E-state index in [0.29, 0.717) is 30.6 Å². The molecule has 0 heterocycles. The summed E-state index contributed by atoms with van der Waals surface area (Å²) in [7, 11) is 1.38. The number of benzene rings is 1. The van der Waals surface area contributed by atoms with Crippen molar-refractivity contribution in [2.75, 3.05) is 18.6 Å². The molecule has 2 rings (SSSR count). The molecule has 1 aromatic rings. The highest BCUT2D eigenvalue weighted by atomic mass is 19.4. The summed E-state index contributed by atoms with van der Waals surface area (Å²) in [6.07, 6.45) is -1.81. The zero-order chi connectivity index (χ0) is 19.3. The number of nitrogens with zero attached hydrogens (tertiary/aromatic N) is 1. The van der Waals surface area contributed by atoms with Crippen molar-refractivity contribution in [2.24, 2.45) is 5.92 Å². The fraction of sp³-hybridized carbons (Fsp3) is 0.611. The molecule has 1 aromatic carbocycles. The van der Waals surface area contributed by atoms with E-state index in [2.05, 4.69) is 9.64 Å². The zero-order valence-electron chi connectivity index (χ0n) is 14.9. The second-order valence-corrected chi connectivity index (χ2v) is 6.31. The van der Waals surface area contributed by atoms with Gasteiger partial charge in [-0.05, 0) is 50.8 Å². The van der Waals surface area contributed by atoms with Crippen molar-refractivity contribution >= 4 is 11.7 Å². The third-order valence-corrected chi connectivity index (χ3v) is 4.78. The first-order valence-electron chi connectivity index (χ1n) is 8.63. The van der Waals surface area contributed by atoms with Gasteiger partial charge >= 0.3 is 12.3 Å². The van der Waals surface area contributed by atoms with E-state index in [-0.39, 0.29) is 23.7 Å². The molecule has 1 fully saturated rings. The molecule has 0 bridgehead atoms. The number of alkyl halides is 3. The van der Waals surface area contributed by atoms with Gasteiger partial charge < -0.3 is 19.5 Å². The van der Waals surface area contributed by atoms with E-state index in [1.54, 1.807) is 6.07 Å². The van der Waals surface area contributed by atoms with Gasteiger partial charge in [0.05, 0.1) is 19.6 Å². The molecule has 1 saturated carbocycles. The Hall–Kier alpha value is -1.96. The summed E-state index contributed by atoms with van der Waals surface area (Å²) in [5, 5.41) is 9.61. The largest absolute Gasteiger partial charge is 0.573 e. The molecule has 0 aromatic heterocycles. The number of rotatable bonds is 6. The van der Waals surface area contributed by atoms with Crippen LogP contribution in [-0.2, 0) is 16.1 Å². The molecular formula is C18H24F3NO4. The number of carbonyl (C=O) groups is 1. The van der Waals surface area contributed by atoms with Gasteiger partial charge in [-0.1, -0.05) is 0 Å². The molecule has 0 radical (unpaired) electrons. The number of ether oxygens (including phenoxy) is 2. The van der Waals surface area contributed by atoms with Crippen molar-refractivity contribution in [1.82, 2.24) is 0 Å². The first kappa shape index (κ1) is 20.4. The molecule has 0 atom stereocenters. The Kier molecular flexibility index (Phi) is 6.75. The SMILES string of the molecule is CCN(c1ccc(OC(F)(F)F)cc1CO)C1CCC(C(=O)OC)CC1. The van der Waals surface area contributed by atoms with Gasteiger partial charge in [0.2, 0.25) is 0 Å². The average Bonchev–Trinajstić information content (AvgIpc) is 2.61. The maximum absolute atomic E-state index is 12.4. The Labute approximate surface area is 150 Å². The molecule has 1 N–H and O–H groups in total. The molecule has 0 amide bonds. The van der Waals surface area contributed by atoms with Crippen molar-refractivity contribution in [3.05, 3.63) is 23.8 Å². The van der Waals surface area contributed by atoms with Crippen molar-refractivity contribution in [2.45, 2.75) is 51.6 Å². The van der Waals surface area contributed by atoms with Gasteiger partial charge in [-0.3, -0.25) is 4.79 Å². The number of carbonyl (C=O) groups excluding carboxylic acids is 1. The quantitative estimate of drug-likeness (QED) is 0.770. The monoisotopic (exact) mass is 375 g/mol. The van der Waals surface area contributed by atoms with Gasteiger partial charge in [-0.2, -0.15) is 0 Å². The van der Waals surface area contributed by atoms with Crippen LogP contribution in [0.4, 0.5) is 18.9 Å². The van der Waals surface area contributed by atoms with Crippen LogP contribution in [0.3, 0.4) is 0 Å². The fourth-order valence-corrected chi connectivity index (χ4v) is 3.58. The summed E-state index contributed by atoms with van der Waals surface area (Å²) in [6.45, 7) is 2.20. The predicted octanol–water partition coefficient (Wildman–Crippen LogP) is 3.64. The Morgan fingerprint density at radius 3 is 2.42 bits per heavy atom. The molecule has 0 spiro atoms. The second kappa shape index (κ2) is 8.62. The number of methoxy groups -OCH3 is 1. The number of halogens is 3. The van der Waals surface area contributed by atoms with E-state index in [0.717, 1.165) is 12.8 Å². The van der Waals surface area contributed by atoms with Gasteiger partial charge in [0, 0.05) is 23.8 Å². The molecule has 8 heteroatoms. The molecule has 1 aliphatic carbocycles. The molecule has 26 heavy (non-hydrogen) atoms. The number of aliphatic hydroxyl groups is 1. The number of hydrogen-bond donors (Lipinski definition) is 1. The van der Waals surface area contributed by atoms with E-state index in [4.69, 9.17) is 4.74 Å². The summed E-state index contributed by atoms with van der Waals surface area (Å²) in [5.74, 6) is -0.651. The van der Waals surface area contributed by atoms with Gasteiger partial charge in [-0.15, -0.1) is 13.2 Å². The Balaban J connectivity index is 2.15. The average molecular weight is 375 g/mol. The molecule has 0 aliphatic heterocycles. The summed E-state index contributed by atoms with van der Waals surface area (Å²) in [5.41, 5.74) is 1.06. The number of hydrogen-bond acceptors (Lipinski definition) is 5. The third-order valence-electron chi connectivity index (χ3n) is 4.78. The lowest BCUT2D eigenvalue weighted by Gasteiger charge is -2.38. The maximum atomic E-state index is 12.4. The minimum Gasteiger partial charge on any atom is -0.469 e. The highest BCUT2D eigenvalue weighted by Gasteiger charge is 2.32. The third kappa shape index (κ3) is 5.03.